The van der Waals surface area contributed by atoms with E-state index in [1.54, 1.807) is 15.3 Å². The Balaban J connectivity index is 1.62. The van der Waals surface area contributed by atoms with Crippen LogP contribution in [-0.2, 0) is 10.0 Å². The van der Waals surface area contributed by atoms with E-state index in [1.807, 2.05) is 26.0 Å². The number of aromatic amines is 1. The number of hydrogen-bond acceptors (Lipinski definition) is 5. The number of rotatable bonds is 3. The van der Waals surface area contributed by atoms with E-state index in [1.165, 1.54) is 6.20 Å². The molecule has 0 aliphatic carbocycles. The van der Waals surface area contributed by atoms with E-state index in [2.05, 4.69) is 15.4 Å². The number of hydrogen-bond donors (Lipinski definition) is 1. The molecule has 0 saturated carbocycles. The third-order valence-electron chi connectivity index (χ3n) is 5.24. The number of carbonyl (C=O) groups excluding carboxylic acids is 1. The van der Waals surface area contributed by atoms with Crippen molar-refractivity contribution in [2.24, 2.45) is 0 Å². The second kappa shape index (κ2) is 6.17. The molecule has 2 saturated heterocycles. The molecular weight excluding hydrogens is 354 g/mol. The number of piperazine rings is 1. The predicted molar refractivity (Wildman–Crippen MR) is 94.0 cm³/mol. The average molecular weight is 375 g/mol. The molecule has 1 amide bonds. The summed E-state index contributed by atoms with van der Waals surface area (Å²) in [6.45, 7) is 4.47. The smallest absolute Gasteiger partial charge is 0.276 e. The first kappa shape index (κ1) is 17.2. The summed E-state index contributed by atoms with van der Waals surface area (Å²) in [4.78, 5) is 14.6. The number of amides is 1. The van der Waals surface area contributed by atoms with Crippen LogP contribution in [0.25, 0.3) is 0 Å². The normalized spacial score (nSPS) is 23.4. The molecular formula is C17H21N5O3S. The highest BCUT2D eigenvalue weighted by atomic mass is 32.2. The van der Waals surface area contributed by atoms with Gasteiger partial charge >= 0.3 is 0 Å². The molecule has 2 bridgehead atoms. The fraction of sp³-hybridized carbons (Fsp3) is 0.471. The van der Waals surface area contributed by atoms with Crippen molar-refractivity contribution in [3.05, 3.63) is 41.2 Å². The second-order valence-electron chi connectivity index (χ2n) is 7.05. The van der Waals surface area contributed by atoms with Gasteiger partial charge in [0.05, 0.1) is 11.1 Å². The van der Waals surface area contributed by atoms with Gasteiger partial charge in [-0.2, -0.15) is 19.7 Å². The van der Waals surface area contributed by atoms with Crippen molar-refractivity contribution in [2.75, 3.05) is 13.1 Å². The number of nitrogens with zero attached hydrogens (tertiary/aromatic N) is 4. The molecule has 0 spiro atoms. The van der Waals surface area contributed by atoms with E-state index in [9.17, 15) is 13.2 Å². The molecule has 26 heavy (non-hydrogen) atoms. The summed E-state index contributed by atoms with van der Waals surface area (Å²) in [5.74, 6) is -0.209. The number of aromatic nitrogens is 3. The van der Waals surface area contributed by atoms with Crippen LogP contribution >= 0.6 is 0 Å². The van der Waals surface area contributed by atoms with Crippen molar-refractivity contribution in [2.45, 2.75) is 43.7 Å². The number of carbonyl (C=O) groups is 1. The van der Waals surface area contributed by atoms with Gasteiger partial charge in [-0.15, -0.1) is 0 Å². The van der Waals surface area contributed by atoms with Crippen LogP contribution in [0.5, 0.6) is 0 Å². The van der Waals surface area contributed by atoms with Gasteiger partial charge in [-0.1, -0.05) is 12.1 Å². The SMILES string of the molecule is Cc1ccc(C)c(S(=O)(=O)N2C3CCC2CN(C(=O)c2cn[nH]n2)C3)c1. The Labute approximate surface area is 152 Å². The molecule has 2 unspecified atom stereocenters. The van der Waals surface area contributed by atoms with Crippen molar-refractivity contribution < 1.29 is 13.2 Å². The first-order chi connectivity index (χ1) is 12.4. The van der Waals surface area contributed by atoms with Gasteiger partial charge < -0.3 is 4.90 Å². The van der Waals surface area contributed by atoms with Gasteiger partial charge in [0, 0.05) is 25.2 Å². The molecule has 1 aromatic heterocycles. The van der Waals surface area contributed by atoms with E-state index >= 15 is 0 Å². The molecule has 3 heterocycles. The second-order valence-corrected chi connectivity index (χ2v) is 8.87. The average Bonchev–Trinajstić information content (AvgIpc) is 3.23. The molecule has 4 rings (SSSR count). The van der Waals surface area contributed by atoms with Crippen LogP contribution in [0.4, 0.5) is 0 Å². The van der Waals surface area contributed by atoms with E-state index in [4.69, 9.17) is 0 Å². The fourth-order valence-corrected chi connectivity index (χ4v) is 6.15. The first-order valence-electron chi connectivity index (χ1n) is 8.64. The topological polar surface area (TPSA) is 99.3 Å². The maximum absolute atomic E-state index is 13.3. The summed E-state index contributed by atoms with van der Waals surface area (Å²) in [6, 6.07) is 5.09. The molecule has 9 heteroatoms. The Morgan fingerprint density at radius 1 is 1.19 bits per heavy atom. The molecule has 0 radical (unpaired) electrons. The monoisotopic (exact) mass is 375 g/mol. The minimum absolute atomic E-state index is 0.200. The largest absolute Gasteiger partial charge is 0.334 e. The van der Waals surface area contributed by atoms with Gasteiger partial charge in [0.1, 0.15) is 0 Å². The Bertz CT molecular complexity index is 927. The lowest BCUT2D eigenvalue weighted by atomic mass is 10.2. The number of aryl methyl sites for hydroxylation is 2. The van der Waals surface area contributed by atoms with Crippen LogP contribution in [0.1, 0.15) is 34.5 Å². The van der Waals surface area contributed by atoms with Crippen molar-refractivity contribution in [3.63, 3.8) is 0 Å². The number of H-pyrrole nitrogens is 1. The number of sulfonamides is 1. The number of nitrogens with one attached hydrogen (secondary N) is 1. The quantitative estimate of drug-likeness (QED) is 0.866. The molecule has 2 aliphatic heterocycles. The van der Waals surface area contributed by atoms with E-state index in [-0.39, 0.29) is 23.7 Å². The zero-order valence-corrected chi connectivity index (χ0v) is 15.5. The molecule has 2 aromatic rings. The molecule has 1 N–H and O–H groups in total. The standard InChI is InChI=1S/C17H21N5O3S/c1-11-3-4-12(2)16(7-11)26(24,25)22-13-5-6-14(22)10-21(9-13)17(23)15-8-18-20-19-15/h3-4,7-8,13-14H,5-6,9-10H2,1-2H3,(H,18,19,20). The van der Waals surface area contributed by atoms with Gasteiger partial charge in [0.25, 0.3) is 5.91 Å². The highest BCUT2D eigenvalue weighted by Crippen LogP contribution is 2.36. The van der Waals surface area contributed by atoms with Crippen molar-refractivity contribution in [1.82, 2.24) is 24.6 Å². The lowest BCUT2D eigenvalue weighted by Gasteiger charge is -2.40. The highest BCUT2D eigenvalue weighted by Gasteiger charge is 2.48. The van der Waals surface area contributed by atoms with Crippen LogP contribution in [0.15, 0.2) is 29.3 Å². The minimum Gasteiger partial charge on any atom is -0.334 e. The van der Waals surface area contributed by atoms with Crippen LogP contribution < -0.4 is 0 Å². The zero-order valence-electron chi connectivity index (χ0n) is 14.7. The maximum Gasteiger partial charge on any atom is 0.276 e. The van der Waals surface area contributed by atoms with Gasteiger partial charge in [-0.3, -0.25) is 4.79 Å². The lowest BCUT2D eigenvalue weighted by molar-refractivity contribution is 0.0609. The third-order valence-corrected chi connectivity index (χ3v) is 7.38. The number of benzene rings is 1. The summed E-state index contributed by atoms with van der Waals surface area (Å²) in [5.41, 5.74) is 1.92. The fourth-order valence-electron chi connectivity index (χ4n) is 3.99. The highest BCUT2D eigenvalue weighted by molar-refractivity contribution is 7.89. The summed E-state index contributed by atoms with van der Waals surface area (Å²) in [6.07, 6.45) is 2.91. The van der Waals surface area contributed by atoms with E-state index < -0.39 is 10.0 Å². The number of likely N-dealkylation sites (tertiary alicyclic amines) is 1. The summed E-state index contributed by atoms with van der Waals surface area (Å²) >= 11 is 0. The Hall–Kier alpha value is -2.26. The van der Waals surface area contributed by atoms with Crippen LogP contribution in [0.2, 0.25) is 0 Å². The maximum atomic E-state index is 13.3. The minimum atomic E-state index is -3.59. The predicted octanol–water partition coefficient (Wildman–Crippen LogP) is 1.10. The third kappa shape index (κ3) is 2.71. The summed E-state index contributed by atoms with van der Waals surface area (Å²) < 4.78 is 28.3. The van der Waals surface area contributed by atoms with E-state index in [0.717, 1.165) is 24.0 Å². The molecule has 2 atom stereocenters. The molecule has 138 valence electrons. The van der Waals surface area contributed by atoms with Crippen molar-refractivity contribution in [3.8, 4) is 0 Å². The van der Waals surface area contributed by atoms with Crippen molar-refractivity contribution in [1.29, 1.82) is 0 Å². The number of fused-ring (bicyclic) bond motifs is 2. The van der Waals surface area contributed by atoms with Gasteiger partial charge in [-0.25, -0.2) is 8.42 Å². The Kier molecular flexibility index (Phi) is 4.07. The van der Waals surface area contributed by atoms with Crippen LogP contribution in [0.3, 0.4) is 0 Å². The van der Waals surface area contributed by atoms with Gasteiger partial charge in [0.15, 0.2) is 5.69 Å². The van der Waals surface area contributed by atoms with Crippen molar-refractivity contribution >= 4 is 15.9 Å². The summed E-state index contributed by atoms with van der Waals surface area (Å²) in [7, 11) is -3.59. The van der Waals surface area contributed by atoms with Gasteiger partial charge in [-0.05, 0) is 43.9 Å². The zero-order chi connectivity index (χ0) is 18.5. The summed E-state index contributed by atoms with van der Waals surface area (Å²) in [5, 5.41) is 9.95. The Morgan fingerprint density at radius 2 is 1.88 bits per heavy atom. The molecule has 1 aromatic carbocycles. The molecule has 2 aliphatic rings. The van der Waals surface area contributed by atoms with Gasteiger partial charge in [0.2, 0.25) is 10.0 Å². The Morgan fingerprint density at radius 3 is 2.50 bits per heavy atom. The molecule has 8 nitrogen and oxygen atoms in total. The van der Waals surface area contributed by atoms with E-state index in [0.29, 0.717) is 18.0 Å². The molecule has 2 fully saturated rings. The van der Waals surface area contributed by atoms with Crippen LogP contribution in [0, 0.1) is 13.8 Å². The van der Waals surface area contributed by atoms with Crippen LogP contribution in [-0.4, -0.2) is 64.1 Å². The first-order valence-corrected chi connectivity index (χ1v) is 10.1. The lowest BCUT2D eigenvalue weighted by Crippen LogP contribution is -2.57.